The van der Waals surface area contributed by atoms with Gasteiger partial charge in [-0.25, -0.2) is 0 Å². The summed E-state index contributed by atoms with van der Waals surface area (Å²) in [6.07, 6.45) is 0. The van der Waals surface area contributed by atoms with Crippen LogP contribution in [0, 0.1) is 0 Å². The summed E-state index contributed by atoms with van der Waals surface area (Å²) in [5, 5.41) is 0. The molecule has 0 aliphatic heterocycles. The third-order valence-corrected chi connectivity index (χ3v) is 2.70. The summed E-state index contributed by atoms with van der Waals surface area (Å²) in [5.74, 6) is 1.70. The fourth-order valence-electron chi connectivity index (χ4n) is 1.87. The molecule has 2 aromatic rings. The second kappa shape index (κ2) is 6.92. The van der Waals surface area contributed by atoms with Crippen molar-refractivity contribution in [3.8, 4) is 11.5 Å². The van der Waals surface area contributed by atoms with E-state index in [2.05, 4.69) is 17.0 Å². The molecule has 0 atom stereocenters. The second-order valence-electron chi connectivity index (χ2n) is 4.49. The van der Waals surface area contributed by atoms with Crippen molar-refractivity contribution < 1.29 is 9.47 Å². The van der Waals surface area contributed by atoms with Crippen LogP contribution in [0.4, 0.5) is 0 Å². The third kappa shape index (κ3) is 4.39. The van der Waals surface area contributed by atoms with Gasteiger partial charge in [0.05, 0.1) is 6.73 Å². The smallest absolute Gasteiger partial charge is 0.127 e. The molecule has 0 aliphatic carbocycles. The Morgan fingerprint density at radius 1 is 0.895 bits per heavy atom. The van der Waals surface area contributed by atoms with E-state index >= 15 is 0 Å². The molecular formula is C16H19NO2. The van der Waals surface area contributed by atoms with Crippen LogP contribution < -0.4 is 4.74 Å². The zero-order chi connectivity index (χ0) is 13.5. The van der Waals surface area contributed by atoms with Crippen LogP contribution in [0.25, 0.3) is 0 Å². The van der Waals surface area contributed by atoms with Gasteiger partial charge >= 0.3 is 0 Å². The number of benzene rings is 2. The van der Waals surface area contributed by atoms with Gasteiger partial charge in [-0.3, -0.25) is 4.90 Å². The van der Waals surface area contributed by atoms with Gasteiger partial charge in [-0.2, -0.15) is 0 Å². The lowest BCUT2D eigenvalue weighted by molar-refractivity contribution is 0.0771. The molecule has 2 rings (SSSR count). The van der Waals surface area contributed by atoms with E-state index in [0.717, 1.165) is 18.0 Å². The number of nitrogens with zero attached hydrogens (tertiary/aromatic N) is 1. The maximum absolute atomic E-state index is 5.75. The van der Waals surface area contributed by atoms with E-state index in [9.17, 15) is 0 Å². The van der Waals surface area contributed by atoms with Crippen molar-refractivity contribution in [2.75, 3.05) is 20.9 Å². The Bertz CT molecular complexity index is 482. The average molecular weight is 257 g/mol. The van der Waals surface area contributed by atoms with Gasteiger partial charge in [-0.15, -0.1) is 0 Å². The molecule has 0 fully saturated rings. The molecule has 0 saturated heterocycles. The first-order valence-corrected chi connectivity index (χ1v) is 6.27. The standard InChI is InChI=1S/C16H19NO2/c1-17(13-18-2)12-14-8-10-16(11-9-14)19-15-6-4-3-5-7-15/h3-11H,12-13H2,1-2H3. The minimum Gasteiger partial charge on any atom is -0.457 e. The highest BCUT2D eigenvalue weighted by Crippen LogP contribution is 2.21. The molecule has 0 spiro atoms. The topological polar surface area (TPSA) is 21.7 Å². The number of hydrogen-bond acceptors (Lipinski definition) is 3. The van der Waals surface area contributed by atoms with E-state index in [1.807, 2.05) is 49.5 Å². The van der Waals surface area contributed by atoms with Crippen LogP contribution in [0.15, 0.2) is 54.6 Å². The van der Waals surface area contributed by atoms with Crippen molar-refractivity contribution in [3.05, 3.63) is 60.2 Å². The first-order valence-electron chi connectivity index (χ1n) is 6.27. The van der Waals surface area contributed by atoms with E-state index in [4.69, 9.17) is 9.47 Å². The van der Waals surface area contributed by atoms with Gasteiger partial charge in [0.1, 0.15) is 11.5 Å². The molecule has 100 valence electrons. The molecule has 0 heterocycles. The third-order valence-electron chi connectivity index (χ3n) is 2.70. The molecule has 2 aromatic carbocycles. The first kappa shape index (κ1) is 13.6. The van der Waals surface area contributed by atoms with E-state index in [0.29, 0.717) is 6.73 Å². The van der Waals surface area contributed by atoms with Crippen molar-refractivity contribution >= 4 is 0 Å². The molecule has 0 amide bonds. The zero-order valence-electron chi connectivity index (χ0n) is 11.4. The molecule has 3 heteroatoms. The van der Waals surface area contributed by atoms with Gasteiger partial charge in [0, 0.05) is 13.7 Å². The van der Waals surface area contributed by atoms with Crippen LogP contribution in [0.1, 0.15) is 5.56 Å². The Hall–Kier alpha value is -1.84. The van der Waals surface area contributed by atoms with Gasteiger partial charge in [-0.05, 0) is 36.9 Å². The molecule has 0 bridgehead atoms. The molecule has 0 aromatic heterocycles. The van der Waals surface area contributed by atoms with Gasteiger partial charge < -0.3 is 9.47 Å². The number of rotatable bonds is 6. The molecular weight excluding hydrogens is 238 g/mol. The molecule has 3 nitrogen and oxygen atoms in total. The van der Waals surface area contributed by atoms with Crippen molar-refractivity contribution in [3.63, 3.8) is 0 Å². The van der Waals surface area contributed by atoms with E-state index in [1.54, 1.807) is 7.11 Å². The molecule has 0 unspecified atom stereocenters. The lowest BCUT2D eigenvalue weighted by Crippen LogP contribution is -2.20. The highest BCUT2D eigenvalue weighted by atomic mass is 16.5. The molecule has 0 aliphatic rings. The normalized spacial score (nSPS) is 10.7. The predicted molar refractivity (Wildman–Crippen MR) is 76.3 cm³/mol. The van der Waals surface area contributed by atoms with Gasteiger partial charge in [0.2, 0.25) is 0 Å². The van der Waals surface area contributed by atoms with Crippen LogP contribution in [0.2, 0.25) is 0 Å². The molecule has 19 heavy (non-hydrogen) atoms. The minimum absolute atomic E-state index is 0.627. The number of ether oxygens (including phenoxy) is 2. The zero-order valence-corrected chi connectivity index (χ0v) is 11.4. The average Bonchev–Trinajstić information content (AvgIpc) is 2.42. The van der Waals surface area contributed by atoms with Crippen LogP contribution >= 0.6 is 0 Å². The summed E-state index contributed by atoms with van der Waals surface area (Å²) < 4.78 is 10.8. The highest BCUT2D eigenvalue weighted by molar-refractivity contribution is 5.32. The Balaban J connectivity index is 1.95. The number of methoxy groups -OCH3 is 1. The van der Waals surface area contributed by atoms with Gasteiger partial charge in [-0.1, -0.05) is 30.3 Å². The first-order chi connectivity index (χ1) is 9.28. The molecule has 0 N–H and O–H groups in total. The summed E-state index contributed by atoms with van der Waals surface area (Å²) in [6, 6.07) is 17.9. The van der Waals surface area contributed by atoms with Crippen molar-refractivity contribution in [2.45, 2.75) is 6.54 Å². The Morgan fingerprint density at radius 3 is 2.16 bits per heavy atom. The Morgan fingerprint density at radius 2 is 1.53 bits per heavy atom. The van der Waals surface area contributed by atoms with E-state index < -0.39 is 0 Å². The molecule has 0 radical (unpaired) electrons. The Kier molecular flexibility index (Phi) is 4.95. The maximum Gasteiger partial charge on any atom is 0.127 e. The fraction of sp³-hybridized carbons (Fsp3) is 0.250. The number of para-hydroxylation sites is 1. The monoisotopic (exact) mass is 257 g/mol. The van der Waals surface area contributed by atoms with Crippen LogP contribution in [0.5, 0.6) is 11.5 Å². The van der Waals surface area contributed by atoms with E-state index in [-0.39, 0.29) is 0 Å². The highest BCUT2D eigenvalue weighted by Gasteiger charge is 2.01. The summed E-state index contributed by atoms with van der Waals surface area (Å²) in [6.45, 7) is 1.49. The summed E-state index contributed by atoms with van der Waals surface area (Å²) in [5.41, 5.74) is 1.24. The lowest BCUT2D eigenvalue weighted by atomic mass is 10.2. The fourth-order valence-corrected chi connectivity index (χ4v) is 1.87. The van der Waals surface area contributed by atoms with Crippen LogP contribution in [-0.2, 0) is 11.3 Å². The van der Waals surface area contributed by atoms with Crippen molar-refractivity contribution in [1.82, 2.24) is 4.90 Å². The largest absolute Gasteiger partial charge is 0.457 e. The summed E-state index contributed by atoms with van der Waals surface area (Å²) in [4.78, 5) is 2.10. The van der Waals surface area contributed by atoms with Crippen LogP contribution in [0.3, 0.4) is 0 Å². The quantitative estimate of drug-likeness (QED) is 0.739. The Labute approximate surface area is 114 Å². The second-order valence-corrected chi connectivity index (χ2v) is 4.49. The number of hydrogen-bond donors (Lipinski definition) is 0. The predicted octanol–water partition coefficient (Wildman–Crippen LogP) is 3.51. The summed E-state index contributed by atoms with van der Waals surface area (Å²) in [7, 11) is 3.73. The summed E-state index contributed by atoms with van der Waals surface area (Å²) >= 11 is 0. The van der Waals surface area contributed by atoms with E-state index in [1.165, 1.54) is 5.56 Å². The van der Waals surface area contributed by atoms with Gasteiger partial charge in [0.25, 0.3) is 0 Å². The molecule has 0 saturated carbocycles. The maximum atomic E-state index is 5.75. The SMILES string of the molecule is COCN(C)Cc1ccc(Oc2ccccc2)cc1. The minimum atomic E-state index is 0.627. The van der Waals surface area contributed by atoms with Gasteiger partial charge in [0.15, 0.2) is 0 Å². The lowest BCUT2D eigenvalue weighted by Gasteiger charge is -2.15. The van der Waals surface area contributed by atoms with Crippen LogP contribution in [-0.4, -0.2) is 25.8 Å². The van der Waals surface area contributed by atoms with Crippen molar-refractivity contribution in [2.24, 2.45) is 0 Å². The van der Waals surface area contributed by atoms with Crippen molar-refractivity contribution in [1.29, 1.82) is 0 Å².